The Morgan fingerprint density at radius 1 is 1.41 bits per heavy atom. The summed E-state index contributed by atoms with van der Waals surface area (Å²) in [5.41, 5.74) is 1.57. The third-order valence-corrected chi connectivity index (χ3v) is 4.53. The summed E-state index contributed by atoms with van der Waals surface area (Å²) in [7, 11) is 0. The van der Waals surface area contributed by atoms with Crippen LogP contribution in [0.4, 0.5) is 0 Å². The van der Waals surface area contributed by atoms with Gasteiger partial charge < -0.3 is 5.32 Å². The van der Waals surface area contributed by atoms with Crippen LogP contribution in [0.5, 0.6) is 0 Å². The molecular weight excluding hydrogens is 302 g/mol. The second-order valence-corrected chi connectivity index (χ2v) is 5.95. The van der Waals surface area contributed by atoms with Gasteiger partial charge in [-0.05, 0) is 35.9 Å². The predicted molar refractivity (Wildman–Crippen MR) is 81.1 cm³/mol. The molecule has 0 atom stereocenters. The van der Waals surface area contributed by atoms with Crippen LogP contribution in [0, 0.1) is 13.8 Å². The molecule has 0 bridgehead atoms. The zero-order chi connectivity index (χ0) is 15.5. The van der Waals surface area contributed by atoms with E-state index in [1.165, 1.54) is 22.3 Å². The van der Waals surface area contributed by atoms with Crippen LogP contribution in [0.1, 0.15) is 20.8 Å². The highest BCUT2D eigenvalue weighted by Crippen LogP contribution is 2.29. The molecule has 3 heterocycles. The zero-order valence-electron chi connectivity index (χ0n) is 12.2. The standard InChI is InChI=1S/C13H15N7OS/c1-9-10(2)22-13(20-8-15-17-18-20)11(9)12(21)14-5-7-19-6-3-4-16-19/h3-4,6,8H,5,7H2,1-2H3,(H,14,21). The maximum absolute atomic E-state index is 12.5. The predicted octanol–water partition coefficient (Wildman–Crippen LogP) is 0.967. The number of nitrogens with one attached hydrogen (secondary N) is 1. The molecule has 114 valence electrons. The van der Waals surface area contributed by atoms with Crippen molar-refractivity contribution in [3.05, 3.63) is 40.8 Å². The summed E-state index contributed by atoms with van der Waals surface area (Å²) in [6.07, 6.45) is 5.06. The van der Waals surface area contributed by atoms with Crippen molar-refractivity contribution in [2.24, 2.45) is 0 Å². The monoisotopic (exact) mass is 317 g/mol. The Labute approximate surface area is 130 Å². The summed E-state index contributed by atoms with van der Waals surface area (Å²) in [5.74, 6) is -0.125. The Morgan fingerprint density at radius 2 is 2.27 bits per heavy atom. The second kappa shape index (κ2) is 6.06. The first kappa shape index (κ1) is 14.4. The topological polar surface area (TPSA) is 90.5 Å². The second-order valence-electron chi connectivity index (χ2n) is 4.74. The molecule has 0 aliphatic carbocycles. The molecule has 1 N–H and O–H groups in total. The summed E-state index contributed by atoms with van der Waals surface area (Å²) in [6, 6.07) is 1.85. The maximum atomic E-state index is 12.5. The lowest BCUT2D eigenvalue weighted by atomic mass is 10.1. The number of amides is 1. The molecule has 3 aromatic rings. The van der Waals surface area contributed by atoms with Gasteiger partial charge in [0.1, 0.15) is 11.3 Å². The van der Waals surface area contributed by atoms with E-state index < -0.39 is 0 Å². The van der Waals surface area contributed by atoms with Gasteiger partial charge in [-0.15, -0.1) is 16.4 Å². The highest BCUT2D eigenvalue weighted by Gasteiger charge is 2.21. The van der Waals surface area contributed by atoms with Crippen LogP contribution >= 0.6 is 11.3 Å². The number of carbonyl (C=O) groups is 1. The molecule has 0 unspecified atom stereocenters. The van der Waals surface area contributed by atoms with Crippen LogP contribution in [-0.2, 0) is 6.54 Å². The summed E-state index contributed by atoms with van der Waals surface area (Å²) in [5, 5.41) is 18.9. The molecular formula is C13H15N7OS. The molecule has 0 spiro atoms. The lowest BCUT2D eigenvalue weighted by molar-refractivity contribution is 0.0951. The lowest BCUT2D eigenvalue weighted by Crippen LogP contribution is -2.28. The fraction of sp³-hybridized carbons (Fsp3) is 0.308. The normalized spacial score (nSPS) is 10.8. The molecule has 8 nitrogen and oxygen atoms in total. The van der Waals surface area contributed by atoms with E-state index in [1.807, 2.05) is 26.1 Å². The van der Waals surface area contributed by atoms with E-state index in [-0.39, 0.29) is 5.91 Å². The number of hydrogen-bond donors (Lipinski definition) is 1. The van der Waals surface area contributed by atoms with Crippen LogP contribution in [0.2, 0.25) is 0 Å². The number of thiophene rings is 1. The fourth-order valence-electron chi connectivity index (χ4n) is 2.10. The van der Waals surface area contributed by atoms with Gasteiger partial charge in [0.2, 0.25) is 0 Å². The van der Waals surface area contributed by atoms with Crippen molar-refractivity contribution in [3.63, 3.8) is 0 Å². The van der Waals surface area contributed by atoms with E-state index in [4.69, 9.17) is 0 Å². The molecule has 0 saturated heterocycles. The molecule has 0 aliphatic heterocycles. The Morgan fingerprint density at radius 3 is 2.95 bits per heavy atom. The first-order chi connectivity index (χ1) is 10.7. The largest absolute Gasteiger partial charge is 0.350 e. The maximum Gasteiger partial charge on any atom is 0.254 e. The van der Waals surface area contributed by atoms with E-state index in [2.05, 4.69) is 25.9 Å². The van der Waals surface area contributed by atoms with Crippen molar-refractivity contribution in [2.75, 3.05) is 6.54 Å². The molecule has 0 radical (unpaired) electrons. The molecule has 22 heavy (non-hydrogen) atoms. The SMILES string of the molecule is Cc1sc(-n2cnnn2)c(C(=O)NCCn2cccn2)c1C. The summed E-state index contributed by atoms with van der Waals surface area (Å²) < 4.78 is 3.29. The summed E-state index contributed by atoms with van der Waals surface area (Å²) in [6.45, 7) is 5.04. The minimum atomic E-state index is -0.125. The Kier molecular flexibility index (Phi) is 3.96. The fourth-order valence-corrected chi connectivity index (χ4v) is 3.17. The van der Waals surface area contributed by atoms with Gasteiger partial charge in [-0.3, -0.25) is 9.48 Å². The number of nitrogens with zero attached hydrogens (tertiary/aromatic N) is 6. The molecule has 0 fully saturated rings. The van der Waals surface area contributed by atoms with Crippen molar-refractivity contribution >= 4 is 17.2 Å². The van der Waals surface area contributed by atoms with Crippen molar-refractivity contribution in [1.29, 1.82) is 0 Å². The van der Waals surface area contributed by atoms with E-state index in [0.717, 1.165) is 15.4 Å². The van der Waals surface area contributed by atoms with Crippen molar-refractivity contribution in [3.8, 4) is 5.00 Å². The average molecular weight is 317 g/mol. The van der Waals surface area contributed by atoms with E-state index in [0.29, 0.717) is 18.7 Å². The summed E-state index contributed by atoms with van der Waals surface area (Å²) >= 11 is 1.50. The van der Waals surface area contributed by atoms with Crippen LogP contribution in [0.25, 0.3) is 5.00 Å². The van der Waals surface area contributed by atoms with Crippen molar-refractivity contribution in [2.45, 2.75) is 20.4 Å². The Balaban J connectivity index is 1.77. The van der Waals surface area contributed by atoms with Gasteiger partial charge in [-0.25, -0.2) is 0 Å². The smallest absolute Gasteiger partial charge is 0.254 e. The molecule has 3 aromatic heterocycles. The van der Waals surface area contributed by atoms with E-state index >= 15 is 0 Å². The summed E-state index contributed by atoms with van der Waals surface area (Å²) in [4.78, 5) is 13.6. The van der Waals surface area contributed by atoms with Gasteiger partial charge in [0.25, 0.3) is 5.91 Å². The van der Waals surface area contributed by atoms with Gasteiger partial charge in [0, 0.05) is 23.8 Å². The molecule has 9 heteroatoms. The number of tetrazole rings is 1. The number of hydrogen-bond acceptors (Lipinski definition) is 6. The van der Waals surface area contributed by atoms with Gasteiger partial charge in [0.15, 0.2) is 0 Å². The lowest BCUT2D eigenvalue weighted by Gasteiger charge is -2.07. The van der Waals surface area contributed by atoms with Crippen LogP contribution in [0.3, 0.4) is 0 Å². The number of rotatable bonds is 5. The first-order valence-electron chi connectivity index (χ1n) is 6.76. The molecule has 3 rings (SSSR count). The number of aryl methyl sites for hydroxylation is 1. The zero-order valence-corrected chi connectivity index (χ0v) is 13.0. The highest BCUT2D eigenvalue weighted by molar-refractivity contribution is 7.15. The Hall–Kier alpha value is -2.55. The highest BCUT2D eigenvalue weighted by atomic mass is 32.1. The molecule has 1 amide bonds. The average Bonchev–Trinajstić information content (AvgIpc) is 3.22. The van der Waals surface area contributed by atoms with Gasteiger partial charge >= 0.3 is 0 Å². The molecule has 0 saturated carbocycles. The Bertz CT molecular complexity index is 761. The van der Waals surface area contributed by atoms with E-state index in [9.17, 15) is 4.79 Å². The van der Waals surface area contributed by atoms with Gasteiger partial charge in [-0.1, -0.05) is 0 Å². The minimum absolute atomic E-state index is 0.125. The van der Waals surface area contributed by atoms with Crippen molar-refractivity contribution < 1.29 is 4.79 Å². The van der Waals surface area contributed by atoms with Crippen LogP contribution in [0.15, 0.2) is 24.8 Å². The number of aromatic nitrogens is 6. The third kappa shape index (κ3) is 2.75. The first-order valence-corrected chi connectivity index (χ1v) is 7.57. The van der Waals surface area contributed by atoms with Gasteiger partial charge in [-0.2, -0.15) is 9.78 Å². The minimum Gasteiger partial charge on any atom is -0.350 e. The van der Waals surface area contributed by atoms with Gasteiger partial charge in [0.05, 0.1) is 12.1 Å². The molecule has 0 aromatic carbocycles. The number of carbonyl (C=O) groups excluding carboxylic acids is 1. The van der Waals surface area contributed by atoms with Crippen LogP contribution < -0.4 is 5.32 Å². The third-order valence-electron chi connectivity index (χ3n) is 3.34. The molecule has 0 aliphatic rings. The quantitative estimate of drug-likeness (QED) is 0.757. The van der Waals surface area contributed by atoms with Crippen LogP contribution in [-0.4, -0.2) is 42.4 Å². The van der Waals surface area contributed by atoms with E-state index in [1.54, 1.807) is 10.9 Å². The van der Waals surface area contributed by atoms with Crippen molar-refractivity contribution in [1.82, 2.24) is 35.3 Å².